The highest BCUT2D eigenvalue weighted by atomic mass is 19.4. The van der Waals surface area contributed by atoms with Gasteiger partial charge in [-0.3, -0.25) is 9.69 Å². The Morgan fingerprint density at radius 1 is 0.929 bits per heavy atom. The van der Waals surface area contributed by atoms with Crippen LogP contribution in [0.2, 0.25) is 0 Å². The van der Waals surface area contributed by atoms with E-state index < -0.39 is 18.1 Å². The van der Waals surface area contributed by atoms with Crippen LogP contribution < -0.4 is 18.9 Å². The fraction of sp³-hybridized carbons (Fsp3) is 0.333. The zero-order valence-corrected chi connectivity index (χ0v) is 22.3. The van der Waals surface area contributed by atoms with E-state index in [0.29, 0.717) is 18.1 Å². The van der Waals surface area contributed by atoms with Gasteiger partial charge in [0.1, 0.15) is 29.3 Å². The number of esters is 1. The van der Waals surface area contributed by atoms with Crippen molar-refractivity contribution in [2.24, 2.45) is 0 Å². The Morgan fingerprint density at radius 2 is 1.57 bits per heavy atom. The molecule has 1 saturated heterocycles. The molecule has 0 saturated carbocycles. The molecule has 0 spiro atoms. The van der Waals surface area contributed by atoms with Crippen LogP contribution in [0.5, 0.6) is 28.7 Å². The number of fused-ring (bicyclic) bond motifs is 3. The van der Waals surface area contributed by atoms with Crippen molar-refractivity contribution >= 4 is 11.9 Å². The van der Waals surface area contributed by atoms with Gasteiger partial charge in [-0.05, 0) is 37.1 Å². The number of benzene rings is 3. The summed E-state index contributed by atoms with van der Waals surface area (Å²) >= 11 is 0. The van der Waals surface area contributed by atoms with Gasteiger partial charge in [0.2, 0.25) is 6.79 Å². The highest BCUT2D eigenvalue weighted by Crippen LogP contribution is 2.44. The molecule has 3 aromatic rings. The molecule has 1 atom stereocenters. The number of carbonyl (C=O) groups excluding carboxylic acids is 1. The minimum atomic E-state index is -5.08. The number of ether oxygens (including phenoxy) is 5. The quantitative estimate of drug-likeness (QED) is 0.289. The van der Waals surface area contributed by atoms with Crippen LogP contribution >= 0.6 is 0 Å². The van der Waals surface area contributed by atoms with Crippen molar-refractivity contribution < 1.29 is 51.6 Å². The molecule has 9 nitrogen and oxygen atoms in total. The van der Waals surface area contributed by atoms with Crippen LogP contribution in [0, 0.1) is 0 Å². The van der Waals surface area contributed by atoms with Crippen LogP contribution in [-0.2, 0) is 14.3 Å². The van der Waals surface area contributed by atoms with E-state index in [-0.39, 0.29) is 18.9 Å². The molecule has 0 radical (unpaired) electrons. The van der Waals surface area contributed by atoms with Crippen molar-refractivity contribution in [1.29, 1.82) is 0 Å². The molecule has 12 heteroatoms. The van der Waals surface area contributed by atoms with E-state index in [2.05, 4.69) is 4.90 Å². The number of carbonyl (C=O) groups is 2. The van der Waals surface area contributed by atoms with Gasteiger partial charge in [0.25, 0.3) is 0 Å². The maximum Gasteiger partial charge on any atom is 0.490 e. The van der Waals surface area contributed by atoms with Gasteiger partial charge in [-0.15, -0.1) is 0 Å². The lowest BCUT2D eigenvalue weighted by Crippen LogP contribution is -2.29. The van der Waals surface area contributed by atoms with Gasteiger partial charge in [0.15, 0.2) is 11.5 Å². The first kappa shape index (κ1) is 29.1. The van der Waals surface area contributed by atoms with Crippen LogP contribution in [0.4, 0.5) is 13.2 Å². The SMILES string of the molecule is O=C(O)C(F)(F)F.O=C(OC1CCN(CCCOc2ccc3c(c2)OCO3)C1)C1c2ccccc2Oc2ccccc21. The number of hydrogen-bond donors (Lipinski definition) is 1. The number of alkyl halides is 3. The highest BCUT2D eigenvalue weighted by molar-refractivity contribution is 5.85. The molecule has 6 rings (SSSR count). The molecule has 0 aromatic heterocycles. The monoisotopic (exact) mass is 587 g/mol. The maximum atomic E-state index is 13.3. The van der Waals surface area contributed by atoms with E-state index in [1.807, 2.05) is 66.7 Å². The standard InChI is InChI=1S/C28H27NO6.C2HF3O2/c30-28(27-21-6-1-3-8-23(21)35-24-9-4-2-7-22(24)27)34-20-12-14-29(17-20)13-5-15-31-19-10-11-25-26(16-19)33-18-32-25;3-2(4,5)1(6)7/h1-4,6-11,16,20,27H,5,12-15,17-18H2;(H,6,7). The van der Waals surface area contributed by atoms with Gasteiger partial charge in [-0.2, -0.15) is 13.2 Å². The molecule has 3 aliphatic heterocycles. The van der Waals surface area contributed by atoms with Gasteiger partial charge >= 0.3 is 18.1 Å². The fourth-order valence-corrected chi connectivity index (χ4v) is 4.94. The average molecular weight is 588 g/mol. The molecule has 0 bridgehead atoms. The molecule has 3 heterocycles. The second-order valence-corrected chi connectivity index (χ2v) is 9.78. The second-order valence-electron chi connectivity index (χ2n) is 9.78. The number of rotatable bonds is 7. The summed E-state index contributed by atoms with van der Waals surface area (Å²) in [6, 6.07) is 21.0. The van der Waals surface area contributed by atoms with Crippen LogP contribution in [0.1, 0.15) is 29.9 Å². The van der Waals surface area contributed by atoms with Crippen LogP contribution in [0.3, 0.4) is 0 Å². The minimum Gasteiger partial charge on any atom is -0.493 e. The van der Waals surface area contributed by atoms with E-state index >= 15 is 0 Å². The molecule has 1 unspecified atom stereocenters. The number of halogens is 3. The second kappa shape index (κ2) is 12.6. The lowest BCUT2D eigenvalue weighted by atomic mass is 9.88. The first-order chi connectivity index (χ1) is 20.2. The van der Waals surface area contributed by atoms with Crippen molar-refractivity contribution in [3.63, 3.8) is 0 Å². The number of para-hydroxylation sites is 2. The minimum absolute atomic E-state index is 0.112. The number of likely N-dealkylation sites (tertiary alicyclic amines) is 1. The van der Waals surface area contributed by atoms with Gasteiger partial charge in [0, 0.05) is 36.8 Å². The van der Waals surface area contributed by atoms with Crippen molar-refractivity contribution in [3.8, 4) is 28.7 Å². The molecule has 222 valence electrons. The van der Waals surface area contributed by atoms with Gasteiger partial charge in [0.05, 0.1) is 6.61 Å². The summed E-state index contributed by atoms with van der Waals surface area (Å²) in [6.45, 7) is 3.40. The molecular weight excluding hydrogens is 559 g/mol. The summed E-state index contributed by atoms with van der Waals surface area (Å²) < 4.78 is 60.4. The highest BCUT2D eigenvalue weighted by Gasteiger charge is 2.38. The normalized spacial score (nSPS) is 17.3. The van der Waals surface area contributed by atoms with Crippen molar-refractivity contribution in [2.45, 2.75) is 31.0 Å². The van der Waals surface area contributed by atoms with Crippen molar-refractivity contribution in [1.82, 2.24) is 4.90 Å². The Balaban J connectivity index is 0.000000451. The Bertz CT molecular complexity index is 1380. The molecular formula is C30H28F3NO8. The van der Waals surface area contributed by atoms with Crippen LogP contribution in [-0.4, -0.2) is 67.3 Å². The summed E-state index contributed by atoms with van der Waals surface area (Å²) in [6.07, 6.45) is -3.48. The zero-order valence-electron chi connectivity index (χ0n) is 22.3. The number of hydrogen-bond acceptors (Lipinski definition) is 8. The topological polar surface area (TPSA) is 104 Å². The lowest BCUT2D eigenvalue weighted by molar-refractivity contribution is -0.192. The van der Waals surface area contributed by atoms with E-state index in [9.17, 15) is 18.0 Å². The average Bonchev–Trinajstić information content (AvgIpc) is 3.62. The molecule has 3 aliphatic rings. The van der Waals surface area contributed by atoms with Crippen molar-refractivity contribution in [2.75, 3.05) is 33.0 Å². The summed E-state index contributed by atoms with van der Waals surface area (Å²) in [4.78, 5) is 24.6. The molecule has 0 amide bonds. The van der Waals surface area contributed by atoms with Gasteiger partial charge in [-0.25, -0.2) is 4.79 Å². The molecule has 1 N–H and O–H groups in total. The first-order valence-corrected chi connectivity index (χ1v) is 13.3. The molecule has 0 aliphatic carbocycles. The Hall–Kier alpha value is -4.45. The van der Waals surface area contributed by atoms with E-state index in [4.69, 9.17) is 33.6 Å². The first-order valence-electron chi connectivity index (χ1n) is 13.3. The Morgan fingerprint density at radius 3 is 2.24 bits per heavy atom. The summed E-state index contributed by atoms with van der Waals surface area (Å²) in [5, 5.41) is 7.12. The Kier molecular flexibility index (Phi) is 8.72. The summed E-state index contributed by atoms with van der Waals surface area (Å²) in [5.74, 6) is 0.232. The summed E-state index contributed by atoms with van der Waals surface area (Å²) in [5.41, 5.74) is 1.71. The van der Waals surface area contributed by atoms with E-state index in [0.717, 1.165) is 60.9 Å². The van der Waals surface area contributed by atoms with Crippen molar-refractivity contribution in [3.05, 3.63) is 77.9 Å². The fourth-order valence-electron chi connectivity index (χ4n) is 4.94. The predicted octanol–water partition coefficient (Wildman–Crippen LogP) is 5.37. The third-order valence-electron chi connectivity index (χ3n) is 6.90. The largest absolute Gasteiger partial charge is 0.493 e. The molecule has 3 aromatic carbocycles. The Labute approximate surface area is 239 Å². The number of aliphatic carboxylic acids is 1. The zero-order chi connectivity index (χ0) is 29.7. The molecule has 42 heavy (non-hydrogen) atoms. The number of carboxylic acid groups (broad SMARTS) is 1. The van der Waals surface area contributed by atoms with Crippen LogP contribution in [0.15, 0.2) is 66.7 Å². The lowest BCUT2D eigenvalue weighted by Gasteiger charge is -2.27. The van der Waals surface area contributed by atoms with E-state index in [1.54, 1.807) is 0 Å². The number of carboxylic acids is 1. The van der Waals surface area contributed by atoms with Gasteiger partial charge < -0.3 is 28.8 Å². The number of nitrogens with zero attached hydrogens (tertiary/aromatic N) is 1. The van der Waals surface area contributed by atoms with Gasteiger partial charge in [-0.1, -0.05) is 36.4 Å². The third kappa shape index (κ3) is 6.88. The maximum absolute atomic E-state index is 13.3. The molecule has 1 fully saturated rings. The predicted molar refractivity (Wildman–Crippen MR) is 142 cm³/mol. The summed E-state index contributed by atoms with van der Waals surface area (Å²) in [7, 11) is 0. The third-order valence-corrected chi connectivity index (χ3v) is 6.90. The van der Waals surface area contributed by atoms with Crippen LogP contribution in [0.25, 0.3) is 0 Å². The van der Waals surface area contributed by atoms with E-state index in [1.165, 1.54) is 0 Å². The smallest absolute Gasteiger partial charge is 0.490 e.